The van der Waals surface area contributed by atoms with E-state index in [4.69, 9.17) is 4.74 Å². The highest BCUT2D eigenvalue weighted by atomic mass is 19.1. The summed E-state index contributed by atoms with van der Waals surface area (Å²) in [7, 11) is 1.67. The van der Waals surface area contributed by atoms with Crippen LogP contribution in [0.15, 0.2) is 18.2 Å². The van der Waals surface area contributed by atoms with E-state index in [9.17, 15) is 4.39 Å². The van der Waals surface area contributed by atoms with E-state index in [-0.39, 0.29) is 5.82 Å². The summed E-state index contributed by atoms with van der Waals surface area (Å²) < 4.78 is 19.3. The van der Waals surface area contributed by atoms with Gasteiger partial charge in [0.2, 0.25) is 0 Å². The highest BCUT2D eigenvalue weighted by molar-refractivity contribution is 5.56. The van der Waals surface area contributed by atoms with Crippen LogP contribution in [0.2, 0.25) is 0 Å². The smallest absolute Gasteiger partial charge is 0.129 e. The van der Waals surface area contributed by atoms with Crippen molar-refractivity contribution < 1.29 is 9.13 Å². The molecule has 1 N–H and O–H groups in total. The third-order valence-corrected chi connectivity index (χ3v) is 4.26. The first kappa shape index (κ1) is 16.2. The summed E-state index contributed by atoms with van der Waals surface area (Å²) in [5.74, 6) is 0.469. The van der Waals surface area contributed by atoms with Crippen molar-refractivity contribution in [3.63, 3.8) is 0 Å². The maximum absolute atomic E-state index is 14.2. The summed E-state index contributed by atoms with van der Waals surface area (Å²) in [4.78, 5) is 2.39. The van der Waals surface area contributed by atoms with Crippen LogP contribution in [0.5, 0.6) is 0 Å². The van der Waals surface area contributed by atoms with E-state index >= 15 is 0 Å². The second-order valence-electron chi connectivity index (χ2n) is 6.05. The fraction of sp³-hybridized carbons (Fsp3) is 0.647. The van der Waals surface area contributed by atoms with Gasteiger partial charge in [0.05, 0.1) is 6.61 Å². The van der Waals surface area contributed by atoms with Gasteiger partial charge in [-0.2, -0.15) is 0 Å². The fourth-order valence-electron chi connectivity index (χ4n) is 3.16. The minimum Gasteiger partial charge on any atom is -0.383 e. The molecule has 3 nitrogen and oxygen atoms in total. The molecule has 1 saturated heterocycles. The number of hydrogen-bond acceptors (Lipinski definition) is 3. The van der Waals surface area contributed by atoms with E-state index < -0.39 is 0 Å². The molecule has 2 rings (SSSR count). The summed E-state index contributed by atoms with van der Waals surface area (Å²) in [6.07, 6.45) is 2.39. The van der Waals surface area contributed by atoms with Crippen LogP contribution in [0, 0.1) is 11.7 Å². The summed E-state index contributed by atoms with van der Waals surface area (Å²) in [6, 6.07) is 5.94. The normalized spacial score (nSPS) is 18.7. The molecule has 1 aliphatic heterocycles. The van der Waals surface area contributed by atoms with Gasteiger partial charge in [0.15, 0.2) is 0 Å². The van der Waals surface area contributed by atoms with Gasteiger partial charge in [0, 0.05) is 44.0 Å². The minimum atomic E-state index is -0.119. The van der Waals surface area contributed by atoms with E-state index in [2.05, 4.69) is 30.1 Å². The van der Waals surface area contributed by atoms with E-state index in [1.165, 1.54) is 12.8 Å². The summed E-state index contributed by atoms with van der Waals surface area (Å²) >= 11 is 0. The Kier molecular flexibility index (Phi) is 6.00. The summed E-state index contributed by atoms with van der Waals surface area (Å²) in [5, 5.41) is 3.26. The average molecular weight is 294 g/mol. The highest BCUT2D eigenvalue weighted by Crippen LogP contribution is 2.33. The number of nitrogens with one attached hydrogen (secondary N) is 1. The maximum atomic E-state index is 14.2. The number of benzene rings is 1. The van der Waals surface area contributed by atoms with Crippen molar-refractivity contribution in [2.45, 2.75) is 39.3 Å². The van der Waals surface area contributed by atoms with Crippen molar-refractivity contribution >= 4 is 5.69 Å². The van der Waals surface area contributed by atoms with Crippen LogP contribution >= 0.6 is 0 Å². The molecule has 1 fully saturated rings. The van der Waals surface area contributed by atoms with Crippen molar-refractivity contribution in [2.24, 2.45) is 5.92 Å². The first-order valence-electron chi connectivity index (χ1n) is 7.88. The van der Waals surface area contributed by atoms with Gasteiger partial charge in [0.1, 0.15) is 5.82 Å². The van der Waals surface area contributed by atoms with Crippen LogP contribution in [-0.2, 0) is 11.3 Å². The van der Waals surface area contributed by atoms with Crippen LogP contribution in [0.25, 0.3) is 0 Å². The van der Waals surface area contributed by atoms with Gasteiger partial charge in [-0.3, -0.25) is 0 Å². The molecule has 118 valence electrons. The average Bonchev–Trinajstić information content (AvgIpc) is 2.94. The Morgan fingerprint density at radius 1 is 1.43 bits per heavy atom. The predicted molar refractivity (Wildman–Crippen MR) is 85.2 cm³/mol. The van der Waals surface area contributed by atoms with E-state index in [0.717, 1.165) is 24.3 Å². The van der Waals surface area contributed by atoms with Gasteiger partial charge in [-0.05, 0) is 30.9 Å². The lowest BCUT2D eigenvalue weighted by molar-refractivity contribution is 0.199. The molecule has 0 amide bonds. The Balaban J connectivity index is 2.16. The lowest BCUT2D eigenvalue weighted by Crippen LogP contribution is -2.34. The standard InChI is InChI=1S/C17H27FN2O/c1-13(2)16-8-5-10-20(16)17-7-4-6-15(18)14(17)12-19-9-11-21-3/h4,6-7,13,16,19H,5,8-12H2,1-3H3. The molecule has 1 aromatic carbocycles. The monoisotopic (exact) mass is 294 g/mol. The number of nitrogens with zero attached hydrogens (tertiary/aromatic N) is 1. The predicted octanol–water partition coefficient (Wildman–Crippen LogP) is 3.19. The Bertz CT molecular complexity index is 450. The van der Waals surface area contributed by atoms with Crippen molar-refractivity contribution in [1.29, 1.82) is 0 Å². The Morgan fingerprint density at radius 2 is 2.24 bits per heavy atom. The number of anilines is 1. The van der Waals surface area contributed by atoms with Crippen LogP contribution in [0.4, 0.5) is 10.1 Å². The Labute approximate surface area is 127 Å². The molecule has 4 heteroatoms. The number of methoxy groups -OCH3 is 1. The van der Waals surface area contributed by atoms with Crippen molar-refractivity contribution in [1.82, 2.24) is 5.32 Å². The third kappa shape index (κ3) is 3.95. The largest absolute Gasteiger partial charge is 0.383 e. The van der Waals surface area contributed by atoms with E-state index in [0.29, 0.717) is 25.1 Å². The Morgan fingerprint density at radius 3 is 2.95 bits per heavy atom. The van der Waals surface area contributed by atoms with Gasteiger partial charge in [-0.15, -0.1) is 0 Å². The van der Waals surface area contributed by atoms with E-state index in [1.54, 1.807) is 13.2 Å². The fourth-order valence-corrected chi connectivity index (χ4v) is 3.16. The highest BCUT2D eigenvalue weighted by Gasteiger charge is 2.29. The topological polar surface area (TPSA) is 24.5 Å². The quantitative estimate of drug-likeness (QED) is 0.782. The van der Waals surface area contributed by atoms with Gasteiger partial charge in [-0.1, -0.05) is 19.9 Å². The zero-order valence-corrected chi connectivity index (χ0v) is 13.4. The van der Waals surface area contributed by atoms with Crippen LogP contribution in [-0.4, -0.2) is 32.8 Å². The molecule has 1 aliphatic rings. The molecule has 0 bridgehead atoms. The molecule has 0 spiro atoms. The van der Waals surface area contributed by atoms with Crippen LogP contribution in [0.3, 0.4) is 0 Å². The zero-order valence-electron chi connectivity index (χ0n) is 13.4. The summed E-state index contributed by atoms with van der Waals surface area (Å²) in [5.41, 5.74) is 1.83. The maximum Gasteiger partial charge on any atom is 0.129 e. The first-order chi connectivity index (χ1) is 10.1. The van der Waals surface area contributed by atoms with Crippen LogP contribution < -0.4 is 10.2 Å². The zero-order chi connectivity index (χ0) is 15.2. The number of hydrogen-bond donors (Lipinski definition) is 1. The number of halogens is 1. The van der Waals surface area contributed by atoms with Crippen molar-refractivity contribution in [3.05, 3.63) is 29.6 Å². The lowest BCUT2D eigenvalue weighted by atomic mass is 10.0. The molecular formula is C17H27FN2O. The second kappa shape index (κ2) is 7.76. The van der Waals surface area contributed by atoms with Gasteiger partial charge < -0.3 is 15.0 Å². The number of ether oxygens (including phenoxy) is 1. The van der Waals surface area contributed by atoms with Crippen molar-refractivity contribution in [3.8, 4) is 0 Å². The van der Waals surface area contributed by atoms with Gasteiger partial charge >= 0.3 is 0 Å². The molecule has 1 aromatic rings. The summed E-state index contributed by atoms with van der Waals surface area (Å²) in [6.45, 7) is 7.45. The lowest BCUT2D eigenvalue weighted by Gasteiger charge is -2.31. The molecule has 21 heavy (non-hydrogen) atoms. The molecule has 0 aliphatic carbocycles. The molecule has 0 aromatic heterocycles. The minimum absolute atomic E-state index is 0.119. The first-order valence-corrected chi connectivity index (χ1v) is 7.88. The van der Waals surface area contributed by atoms with E-state index in [1.807, 2.05) is 6.07 Å². The van der Waals surface area contributed by atoms with Crippen molar-refractivity contribution in [2.75, 3.05) is 31.7 Å². The molecule has 0 saturated carbocycles. The second-order valence-corrected chi connectivity index (χ2v) is 6.05. The molecule has 1 heterocycles. The molecule has 1 unspecified atom stereocenters. The molecule has 1 atom stereocenters. The SMILES string of the molecule is COCCNCc1c(F)cccc1N1CCCC1C(C)C. The third-order valence-electron chi connectivity index (χ3n) is 4.26. The van der Waals surface area contributed by atoms with Crippen LogP contribution in [0.1, 0.15) is 32.3 Å². The van der Waals surface area contributed by atoms with Gasteiger partial charge in [-0.25, -0.2) is 4.39 Å². The molecular weight excluding hydrogens is 267 g/mol. The number of rotatable bonds is 7. The molecule has 0 radical (unpaired) electrons. The van der Waals surface area contributed by atoms with Gasteiger partial charge in [0.25, 0.3) is 0 Å². The Hall–Kier alpha value is -1.13.